The van der Waals surface area contributed by atoms with Crippen LogP contribution in [-0.2, 0) is 16.0 Å². The van der Waals surface area contributed by atoms with Crippen molar-refractivity contribution < 1.29 is 18.7 Å². The second-order valence-electron chi connectivity index (χ2n) is 6.91. The van der Waals surface area contributed by atoms with E-state index in [1.54, 1.807) is 19.1 Å². The molecule has 0 aliphatic heterocycles. The van der Waals surface area contributed by atoms with Crippen LogP contribution >= 0.6 is 11.3 Å². The molecule has 1 amide bonds. The molecule has 3 aromatic rings. The van der Waals surface area contributed by atoms with Crippen LogP contribution in [0.3, 0.4) is 0 Å². The summed E-state index contributed by atoms with van der Waals surface area (Å²) in [7, 11) is 0. The predicted molar refractivity (Wildman–Crippen MR) is 115 cm³/mol. The minimum atomic E-state index is -0.479. The smallest absolute Gasteiger partial charge is 0.350 e. The van der Waals surface area contributed by atoms with Crippen LogP contribution in [0.15, 0.2) is 48.5 Å². The van der Waals surface area contributed by atoms with Gasteiger partial charge in [0.2, 0.25) is 5.91 Å². The van der Waals surface area contributed by atoms with Crippen molar-refractivity contribution >= 4 is 23.2 Å². The van der Waals surface area contributed by atoms with Gasteiger partial charge in [-0.1, -0.05) is 29.8 Å². The molecule has 156 valence electrons. The largest absolute Gasteiger partial charge is 0.460 e. The number of hydrogen-bond acceptors (Lipinski definition) is 5. The number of benzene rings is 2. The van der Waals surface area contributed by atoms with E-state index in [0.29, 0.717) is 28.4 Å². The molecule has 2 aromatic carbocycles. The van der Waals surface area contributed by atoms with Crippen LogP contribution < -0.4 is 5.32 Å². The van der Waals surface area contributed by atoms with E-state index in [4.69, 9.17) is 4.74 Å². The molecule has 0 saturated carbocycles. The highest BCUT2D eigenvalue weighted by molar-refractivity contribution is 7.17. The number of amides is 1. The molecule has 0 fully saturated rings. The van der Waals surface area contributed by atoms with Crippen molar-refractivity contribution in [2.24, 2.45) is 0 Å². The zero-order chi connectivity index (χ0) is 21.5. The molecule has 1 aromatic heterocycles. The maximum absolute atomic E-state index is 13.1. The van der Waals surface area contributed by atoms with Crippen LogP contribution in [0.2, 0.25) is 0 Å². The Kier molecular flexibility index (Phi) is 7.30. The molecule has 1 heterocycles. The summed E-state index contributed by atoms with van der Waals surface area (Å²) in [6.45, 7) is 4.08. The van der Waals surface area contributed by atoms with E-state index in [0.717, 1.165) is 11.1 Å². The molecule has 0 bridgehead atoms. The summed E-state index contributed by atoms with van der Waals surface area (Å²) in [6.07, 6.45) is 1.05. The zero-order valence-corrected chi connectivity index (χ0v) is 17.7. The maximum atomic E-state index is 13.1. The Morgan fingerprint density at radius 1 is 1.07 bits per heavy atom. The van der Waals surface area contributed by atoms with Gasteiger partial charge in [0.1, 0.15) is 22.3 Å². The quantitative estimate of drug-likeness (QED) is 0.426. The highest BCUT2D eigenvalue weighted by Crippen LogP contribution is 2.28. The molecule has 30 heavy (non-hydrogen) atoms. The lowest BCUT2D eigenvalue weighted by molar-refractivity contribution is -0.121. The van der Waals surface area contributed by atoms with Crippen LogP contribution in [0.4, 0.5) is 4.39 Å². The van der Waals surface area contributed by atoms with Gasteiger partial charge in [-0.05, 0) is 50.1 Å². The van der Waals surface area contributed by atoms with E-state index in [-0.39, 0.29) is 24.9 Å². The number of aryl methyl sites for hydroxylation is 3. The molecule has 0 aliphatic carbocycles. The number of carbonyl (C=O) groups is 2. The summed E-state index contributed by atoms with van der Waals surface area (Å²) in [5.41, 5.74) is 3.60. The lowest BCUT2D eigenvalue weighted by Gasteiger charge is -2.06. The van der Waals surface area contributed by atoms with Gasteiger partial charge in [-0.2, -0.15) is 0 Å². The van der Waals surface area contributed by atoms with Crippen molar-refractivity contribution in [3.63, 3.8) is 0 Å². The Hall–Kier alpha value is -3.06. The Morgan fingerprint density at radius 2 is 1.77 bits per heavy atom. The first-order chi connectivity index (χ1) is 14.4. The average molecular weight is 427 g/mol. The van der Waals surface area contributed by atoms with E-state index in [1.165, 1.54) is 29.0 Å². The summed E-state index contributed by atoms with van der Waals surface area (Å²) in [5.74, 6) is -0.890. The number of rotatable bonds is 8. The molecule has 0 spiro atoms. The third kappa shape index (κ3) is 5.97. The lowest BCUT2D eigenvalue weighted by Crippen LogP contribution is -2.28. The first-order valence-electron chi connectivity index (χ1n) is 9.65. The van der Waals surface area contributed by atoms with Crippen molar-refractivity contribution in [2.75, 3.05) is 13.2 Å². The van der Waals surface area contributed by atoms with E-state index in [2.05, 4.69) is 10.3 Å². The Balaban J connectivity index is 1.42. The topological polar surface area (TPSA) is 68.3 Å². The molecule has 5 nitrogen and oxygen atoms in total. The van der Waals surface area contributed by atoms with Crippen LogP contribution in [0.1, 0.15) is 32.9 Å². The molecule has 0 atom stereocenters. The third-order valence-electron chi connectivity index (χ3n) is 4.49. The number of thiazole rings is 1. The van der Waals surface area contributed by atoms with Gasteiger partial charge in [0, 0.05) is 12.0 Å². The highest BCUT2D eigenvalue weighted by atomic mass is 32.1. The number of esters is 1. The fourth-order valence-corrected chi connectivity index (χ4v) is 3.77. The van der Waals surface area contributed by atoms with Crippen LogP contribution in [0, 0.1) is 19.7 Å². The van der Waals surface area contributed by atoms with Gasteiger partial charge in [0.15, 0.2) is 0 Å². The normalized spacial score (nSPS) is 10.6. The third-order valence-corrected chi connectivity index (χ3v) is 5.68. The van der Waals surface area contributed by atoms with Gasteiger partial charge in [-0.25, -0.2) is 14.2 Å². The number of hydrogen-bond donors (Lipinski definition) is 1. The number of carbonyl (C=O) groups excluding carboxylic acids is 2. The predicted octanol–water partition coefficient (Wildman–Crippen LogP) is 4.47. The van der Waals surface area contributed by atoms with Gasteiger partial charge in [-0.15, -0.1) is 11.3 Å². The number of nitrogens with zero attached hydrogens (tertiary/aromatic N) is 1. The van der Waals surface area contributed by atoms with E-state index in [1.807, 2.05) is 31.2 Å². The van der Waals surface area contributed by atoms with Crippen LogP contribution in [0.25, 0.3) is 10.6 Å². The molecular weight excluding hydrogens is 403 g/mol. The van der Waals surface area contributed by atoms with E-state index in [9.17, 15) is 14.0 Å². The zero-order valence-electron chi connectivity index (χ0n) is 16.9. The Labute approximate surface area is 178 Å². The van der Waals surface area contributed by atoms with Gasteiger partial charge < -0.3 is 10.1 Å². The molecule has 1 N–H and O–H groups in total. The fourth-order valence-electron chi connectivity index (χ4n) is 2.80. The van der Waals surface area contributed by atoms with Gasteiger partial charge >= 0.3 is 5.97 Å². The molecule has 7 heteroatoms. The lowest BCUT2D eigenvalue weighted by atomic mass is 10.1. The monoisotopic (exact) mass is 426 g/mol. The first kappa shape index (κ1) is 21.6. The standard InChI is InChI=1S/C23H23FN2O3S/c1-15-3-5-17(6-4-15)7-12-20(27)25-13-14-29-23(28)21-16(2)26-22(30-21)18-8-10-19(24)11-9-18/h3-6,8-11H,7,12-14H2,1-2H3,(H,25,27). The van der Waals surface area contributed by atoms with Crippen molar-refractivity contribution in [1.82, 2.24) is 10.3 Å². The number of ether oxygens (including phenoxy) is 1. The molecule has 0 aliphatic rings. The molecule has 3 rings (SSSR count). The molecule has 0 radical (unpaired) electrons. The van der Waals surface area contributed by atoms with Crippen LogP contribution in [-0.4, -0.2) is 30.0 Å². The van der Waals surface area contributed by atoms with Gasteiger partial charge in [0.05, 0.1) is 12.2 Å². The summed E-state index contributed by atoms with van der Waals surface area (Å²) < 4.78 is 18.3. The number of nitrogens with one attached hydrogen (secondary N) is 1. The minimum Gasteiger partial charge on any atom is -0.460 e. The Bertz CT molecular complexity index is 1010. The summed E-state index contributed by atoms with van der Waals surface area (Å²) in [6, 6.07) is 14.0. The highest BCUT2D eigenvalue weighted by Gasteiger charge is 2.17. The average Bonchev–Trinajstić information content (AvgIpc) is 3.13. The number of halogens is 1. The van der Waals surface area contributed by atoms with E-state index >= 15 is 0 Å². The van der Waals surface area contributed by atoms with Crippen LogP contribution in [0.5, 0.6) is 0 Å². The first-order valence-corrected chi connectivity index (χ1v) is 10.5. The molecule has 0 unspecified atom stereocenters. The van der Waals surface area contributed by atoms with Gasteiger partial charge in [0.25, 0.3) is 0 Å². The minimum absolute atomic E-state index is 0.0817. The van der Waals surface area contributed by atoms with E-state index < -0.39 is 5.97 Å². The van der Waals surface area contributed by atoms with Crippen molar-refractivity contribution in [3.05, 3.63) is 76.0 Å². The van der Waals surface area contributed by atoms with Crippen molar-refractivity contribution in [1.29, 1.82) is 0 Å². The van der Waals surface area contributed by atoms with Crippen molar-refractivity contribution in [3.8, 4) is 10.6 Å². The molecule has 0 saturated heterocycles. The summed E-state index contributed by atoms with van der Waals surface area (Å²) >= 11 is 1.20. The molecular formula is C23H23FN2O3S. The fraction of sp³-hybridized carbons (Fsp3) is 0.261. The Morgan fingerprint density at radius 3 is 2.47 bits per heavy atom. The second-order valence-corrected chi connectivity index (χ2v) is 7.91. The van der Waals surface area contributed by atoms with Gasteiger partial charge in [-0.3, -0.25) is 4.79 Å². The number of aromatic nitrogens is 1. The second kappa shape index (κ2) is 10.1. The maximum Gasteiger partial charge on any atom is 0.350 e. The summed E-state index contributed by atoms with van der Waals surface area (Å²) in [4.78, 5) is 29.0. The summed E-state index contributed by atoms with van der Waals surface area (Å²) in [5, 5.41) is 3.39. The van der Waals surface area contributed by atoms with Crippen molar-refractivity contribution in [2.45, 2.75) is 26.7 Å². The SMILES string of the molecule is Cc1ccc(CCC(=O)NCCOC(=O)c2sc(-c3ccc(F)cc3)nc2C)cc1.